The van der Waals surface area contributed by atoms with Crippen molar-refractivity contribution >= 4 is 47.4 Å². The molecule has 0 saturated heterocycles. The number of benzene rings is 2. The van der Waals surface area contributed by atoms with Crippen LogP contribution in [0.25, 0.3) is 0 Å². The van der Waals surface area contributed by atoms with E-state index in [0.717, 1.165) is 24.3 Å². The fraction of sp³-hybridized carbons (Fsp3) is 0. The molecule has 0 aromatic heterocycles. The van der Waals surface area contributed by atoms with Crippen LogP contribution in [-0.4, -0.2) is 38.9 Å². The molecule has 0 radical (unpaired) electrons. The molecule has 11 nitrogen and oxygen atoms in total. The smallest absolute Gasteiger partial charge is 0.296 e. The summed E-state index contributed by atoms with van der Waals surface area (Å²) >= 11 is 0. The van der Waals surface area contributed by atoms with E-state index >= 15 is 0 Å². The van der Waals surface area contributed by atoms with Crippen LogP contribution in [0, 0.1) is 0 Å². The van der Waals surface area contributed by atoms with Crippen molar-refractivity contribution in [2.75, 3.05) is 11.1 Å². The lowest BCUT2D eigenvalue weighted by molar-refractivity contribution is 0.479. The van der Waals surface area contributed by atoms with Gasteiger partial charge in [0.25, 0.3) is 30.4 Å². The molecular weight excluding hydrogens is 412 g/mol. The van der Waals surface area contributed by atoms with Crippen LogP contribution in [0.15, 0.2) is 51.1 Å². The monoisotopic (exact) mass is 424 g/mol. The topological polar surface area (TPSA) is 201 Å². The van der Waals surface area contributed by atoms with Gasteiger partial charge in [0.2, 0.25) is 0 Å². The molecule has 0 aliphatic rings. The van der Waals surface area contributed by atoms with E-state index in [9.17, 15) is 29.8 Å². The Hall–Kier alpha value is -2.23. The molecule has 0 atom stereocenters. The van der Waals surface area contributed by atoms with E-state index in [0.29, 0.717) is 12.1 Å². The molecule has 0 saturated carbocycles. The Morgan fingerprint density at radius 2 is 1.15 bits per heavy atom. The molecule has 0 aliphatic carbocycles. The van der Waals surface area contributed by atoms with E-state index in [4.69, 9.17) is 14.8 Å². The number of nitrogens with one attached hydrogen (secondary N) is 1. The van der Waals surface area contributed by atoms with Crippen LogP contribution in [0.1, 0.15) is 0 Å². The van der Waals surface area contributed by atoms with Gasteiger partial charge in [0.05, 0.1) is 26.9 Å². The third kappa shape index (κ3) is 4.48. The predicted molar refractivity (Wildman–Crippen MR) is 90.0 cm³/mol. The lowest BCUT2D eigenvalue weighted by Gasteiger charge is -2.14. The molecule has 0 bridgehead atoms. The zero-order chi connectivity index (χ0) is 19.9. The van der Waals surface area contributed by atoms with Crippen molar-refractivity contribution in [3.05, 3.63) is 36.4 Å². The summed E-state index contributed by atoms with van der Waals surface area (Å²) in [5.74, 6) is 0. The van der Waals surface area contributed by atoms with Gasteiger partial charge in [-0.3, -0.25) is 13.7 Å². The maximum Gasteiger partial charge on any atom is 0.296 e. The van der Waals surface area contributed by atoms with Crippen molar-refractivity contribution in [1.29, 1.82) is 0 Å². The van der Waals surface area contributed by atoms with Crippen molar-refractivity contribution < 1.29 is 38.9 Å². The van der Waals surface area contributed by atoms with E-state index in [2.05, 4.69) is 5.32 Å². The minimum Gasteiger partial charge on any atom is -0.397 e. The van der Waals surface area contributed by atoms with Gasteiger partial charge in [0.15, 0.2) is 0 Å². The van der Waals surface area contributed by atoms with Gasteiger partial charge in [0, 0.05) is 0 Å². The summed E-state index contributed by atoms with van der Waals surface area (Å²) in [6.07, 6.45) is 0. The summed E-state index contributed by atoms with van der Waals surface area (Å²) in [5.41, 5.74) is 4.84. The SMILES string of the molecule is Nc1ccc(S(=O)(=O)O)cc1Nc1cc(S(=O)(=O)O)ccc1S(=O)(=O)O. The lowest BCUT2D eigenvalue weighted by atomic mass is 10.2. The zero-order valence-electron chi connectivity index (χ0n) is 12.6. The van der Waals surface area contributed by atoms with Crippen LogP contribution in [0.5, 0.6) is 0 Å². The minimum atomic E-state index is -4.81. The molecule has 26 heavy (non-hydrogen) atoms. The fourth-order valence-electron chi connectivity index (χ4n) is 1.94. The molecule has 0 aliphatic heterocycles. The van der Waals surface area contributed by atoms with Gasteiger partial charge in [-0.1, -0.05) is 0 Å². The molecule has 0 amide bonds. The number of nitrogens with two attached hydrogens (primary N) is 1. The van der Waals surface area contributed by atoms with Crippen LogP contribution < -0.4 is 11.1 Å². The molecular formula is C12H12N2O9S3. The Morgan fingerprint density at radius 1 is 0.692 bits per heavy atom. The van der Waals surface area contributed by atoms with Gasteiger partial charge in [-0.05, 0) is 36.4 Å². The average Bonchev–Trinajstić information content (AvgIpc) is 2.46. The standard InChI is InChI=1S/C12H12N2O9S3/c13-9-3-1-7(24(15,16)17)5-10(9)14-11-6-8(25(18,19)20)2-4-12(11)26(21,22)23/h1-6,14H,13H2,(H,15,16,17)(H,18,19,20)(H,21,22,23). The number of nitrogen functional groups attached to an aromatic ring is 1. The van der Waals surface area contributed by atoms with Gasteiger partial charge < -0.3 is 11.1 Å². The highest BCUT2D eigenvalue weighted by molar-refractivity contribution is 7.86. The fourth-order valence-corrected chi connectivity index (χ4v) is 3.58. The Balaban J connectivity index is 2.69. The maximum atomic E-state index is 11.5. The van der Waals surface area contributed by atoms with Gasteiger partial charge in [0.1, 0.15) is 4.90 Å². The van der Waals surface area contributed by atoms with Crippen LogP contribution in [0.2, 0.25) is 0 Å². The second-order valence-corrected chi connectivity index (χ2v) is 9.19. The molecule has 2 rings (SSSR count). The summed E-state index contributed by atoms with van der Waals surface area (Å²) in [6, 6.07) is 5.07. The Bertz CT molecular complexity index is 1190. The van der Waals surface area contributed by atoms with Crippen molar-refractivity contribution in [2.24, 2.45) is 0 Å². The molecule has 0 fully saturated rings. The number of hydrogen-bond donors (Lipinski definition) is 5. The third-order valence-corrected chi connectivity index (χ3v) is 5.73. The molecule has 0 unspecified atom stereocenters. The van der Waals surface area contributed by atoms with E-state index in [-0.39, 0.29) is 11.4 Å². The lowest BCUT2D eigenvalue weighted by Crippen LogP contribution is -2.08. The predicted octanol–water partition coefficient (Wildman–Crippen LogP) is 0.753. The summed E-state index contributed by atoms with van der Waals surface area (Å²) < 4.78 is 95.1. The van der Waals surface area contributed by atoms with Crippen molar-refractivity contribution in [1.82, 2.24) is 0 Å². The molecule has 2 aromatic rings. The van der Waals surface area contributed by atoms with E-state index in [1.165, 1.54) is 0 Å². The normalized spacial score (nSPS) is 12.7. The highest BCUT2D eigenvalue weighted by Gasteiger charge is 2.21. The molecule has 2 aromatic carbocycles. The van der Waals surface area contributed by atoms with E-state index < -0.39 is 50.7 Å². The van der Waals surface area contributed by atoms with Crippen LogP contribution in [0.3, 0.4) is 0 Å². The molecule has 0 spiro atoms. The Kier molecular flexibility index (Phi) is 5.02. The maximum absolute atomic E-state index is 11.5. The van der Waals surface area contributed by atoms with Crippen LogP contribution in [-0.2, 0) is 30.4 Å². The second-order valence-electron chi connectivity index (χ2n) is 4.96. The van der Waals surface area contributed by atoms with Crippen LogP contribution in [0.4, 0.5) is 17.1 Å². The first-order valence-corrected chi connectivity index (χ1v) is 10.7. The molecule has 14 heteroatoms. The van der Waals surface area contributed by atoms with Gasteiger partial charge in [-0.15, -0.1) is 0 Å². The second kappa shape index (κ2) is 6.49. The Morgan fingerprint density at radius 3 is 1.62 bits per heavy atom. The summed E-state index contributed by atoms with van der Waals surface area (Å²) in [4.78, 5) is -2.04. The van der Waals surface area contributed by atoms with Gasteiger partial charge >= 0.3 is 0 Å². The van der Waals surface area contributed by atoms with Crippen molar-refractivity contribution in [2.45, 2.75) is 14.7 Å². The Labute approximate surface area is 148 Å². The van der Waals surface area contributed by atoms with Crippen molar-refractivity contribution in [3.8, 4) is 0 Å². The first kappa shape index (κ1) is 20.1. The number of rotatable bonds is 5. The highest BCUT2D eigenvalue weighted by Crippen LogP contribution is 2.31. The third-order valence-electron chi connectivity index (χ3n) is 3.12. The van der Waals surface area contributed by atoms with E-state index in [1.54, 1.807) is 0 Å². The molecule has 6 N–H and O–H groups in total. The zero-order valence-corrected chi connectivity index (χ0v) is 15.0. The summed E-state index contributed by atoms with van der Waals surface area (Å²) in [7, 11) is -14.1. The number of hydrogen-bond acceptors (Lipinski definition) is 8. The van der Waals surface area contributed by atoms with Crippen molar-refractivity contribution in [3.63, 3.8) is 0 Å². The molecule has 0 heterocycles. The quantitative estimate of drug-likeness (QED) is 0.335. The van der Waals surface area contributed by atoms with E-state index in [1.807, 2.05) is 0 Å². The van der Waals surface area contributed by atoms with Gasteiger partial charge in [-0.2, -0.15) is 25.3 Å². The minimum absolute atomic E-state index is 0.0871. The highest BCUT2D eigenvalue weighted by atomic mass is 32.2. The first-order valence-electron chi connectivity index (χ1n) is 6.42. The average molecular weight is 424 g/mol. The summed E-state index contributed by atoms with van der Waals surface area (Å²) in [6.45, 7) is 0. The summed E-state index contributed by atoms with van der Waals surface area (Å²) in [5, 5.41) is 2.36. The largest absolute Gasteiger partial charge is 0.397 e. The van der Waals surface area contributed by atoms with Gasteiger partial charge in [-0.25, -0.2) is 0 Å². The first-order chi connectivity index (χ1) is 11.7. The number of anilines is 3. The van der Waals surface area contributed by atoms with Crippen LogP contribution >= 0.6 is 0 Å². The molecule has 142 valence electrons.